The summed E-state index contributed by atoms with van der Waals surface area (Å²) in [4.78, 5) is 4.46. The van der Waals surface area contributed by atoms with E-state index >= 15 is 4.20 Å². The summed E-state index contributed by atoms with van der Waals surface area (Å²) in [5.74, 6) is 1.78. The van der Waals surface area contributed by atoms with Crippen LogP contribution < -0.4 is 49.4 Å². The number of nitrogens with one attached hydrogen (secondary N) is 2. The van der Waals surface area contributed by atoms with E-state index in [1.54, 1.807) is 0 Å². The average molecular weight is 578 g/mol. The van der Waals surface area contributed by atoms with Gasteiger partial charge in [0.25, 0.3) is 0 Å². The van der Waals surface area contributed by atoms with Gasteiger partial charge in [0.1, 0.15) is 0 Å². The minimum Gasteiger partial charge on any atom is -1.00 e. The Hall–Kier alpha value is -3.93. The summed E-state index contributed by atoms with van der Waals surface area (Å²) in [5, 5.41) is 8.42. The maximum absolute atomic E-state index is 18.5. The van der Waals surface area contributed by atoms with Crippen LogP contribution in [-0.2, 0) is 0 Å². The second kappa shape index (κ2) is 12.1. The molecule has 9 heteroatoms. The molecular weight excluding hydrogens is 544 g/mol. The van der Waals surface area contributed by atoms with E-state index in [-0.39, 0.29) is 31.3 Å². The van der Waals surface area contributed by atoms with Gasteiger partial charge in [-0.05, 0) is 0 Å². The average Bonchev–Trinajstić information content (AvgIpc) is 2.98. The Morgan fingerprint density at radius 3 is 1.73 bits per heavy atom. The molecule has 0 aliphatic carbocycles. The van der Waals surface area contributed by atoms with Gasteiger partial charge in [0.05, 0.1) is 0 Å². The summed E-state index contributed by atoms with van der Waals surface area (Å²) < 4.78 is 26.6. The van der Waals surface area contributed by atoms with Gasteiger partial charge in [-0.3, -0.25) is 0 Å². The van der Waals surface area contributed by atoms with Crippen LogP contribution in [-0.4, -0.2) is 43.4 Å². The summed E-state index contributed by atoms with van der Waals surface area (Å²) >= 11 is 0. The Labute approximate surface area is 241 Å². The molecule has 0 saturated heterocycles. The standard InChI is InChI=1S/C31H33FN5OP.ClH/c1-37(2)31-35-29(34-30(33)36-31)24-18-20-25(21-19-24)38-22-23-39(32,26-12-6-3-7-13-26,27-14-8-4-9-15-27)28-16-10-5-11-17-28;/h3-21,29H,22-23H2,1-2H3,(H3,33,34,35,36);1H. The molecule has 1 unspecified atom stereocenters. The summed E-state index contributed by atoms with van der Waals surface area (Å²) in [7, 11) is 3.84. The minimum atomic E-state index is -4.34. The zero-order valence-corrected chi connectivity index (χ0v) is 24.2. The molecule has 0 fully saturated rings. The molecule has 40 heavy (non-hydrogen) atoms. The van der Waals surface area contributed by atoms with Gasteiger partial charge in [0, 0.05) is 0 Å². The molecule has 0 aromatic heterocycles. The van der Waals surface area contributed by atoms with Crippen molar-refractivity contribution in [3.8, 4) is 5.75 Å². The fraction of sp³-hybridized carbons (Fsp3) is 0.161. The van der Waals surface area contributed by atoms with Crippen molar-refractivity contribution in [3.05, 3.63) is 121 Å². The summed E-state index contributed by atoms with van der Waals surface area (Å²) in [6.45, 7) is -4.13. The van der Waals surface area contributed by atoms with Crippen LogP contribution in [0.15, 0.2) is 120 Å². The molecule has 4 aromatic rings. The van der Waals surface area contributed by atoms with Gasteiger partial charge < -0.3 is 12.4 Å². The monoisotopic (exact) mass is 577 g/mol. The van der Waals surface area contributed by atoms with E-state index in [1.807, 2.05) is 134 Å². The van der Waals surface area contributed by atoms with E-state index in [0.717, 1.165) is 11.5 Å². The van der Waals surface area contributed by atoms with Crippen LogP contribution in [0.1, 0.15) is 11.7 Å². The van der Waals surface area contributed by atoms with Crippen molar-refractivity contribution in [3.63, 3.8) is 0 Å². The fourth-order valence-electron chi connectivity index (χ4n) is 5.02. The Balaban J connectivity index is 0.00000370. The van der Waals surface area contributed by atoms with Crippen molar-refractivity contribution in [1.82, 2.24) is 10.6 Å². The van der Waals surface area contributed by atoms with Crippen LogP contribution in [0.25, 0.3) is 0 Å². The van der Waals surface area contributed by atoms with Crippen molar-refractivity contribution in [2.75, 3.05) is 26.9 Å². The predicted octanol–water partition coefficient (Wildman–Crippen LogP) is 0.618. The Morgan fingerprint density at radius 2 is 1.27 bits per heavy atom. The van der Waals surface area contributed by atoms with Crippen LogP contribution in [0, 0.1) is 0 Å². The van der Waals surface area contributed by atoms with Crippen molar-refractivity contribution in [2.45, 2.75) is 6.17 Å². The van der Waals surface area contributed by atoms with Crippen LogP contribution in [0.5, 0.6) is 5.75 Å². The number of benzene rings is 4. The minimum absolute atomic E-state index is 0. The van der Waals surface area contributed by atoms with E-state index in [4.69, 9.17) is 10.5 Å². The van der Waals surface area contributed by atoms with Crippen molar-refractivity contribution >= 4 is 34.7 Å². The molecule has 0 radical (unpaired) electrons. The number of nitrogens with two attached hydrogens (primary N) is 1. The molecular formula is C31H34ClFN5OP. The molecule has 4 aromatic carbocycles. The maximum Gasteiger partial charge on any atom is -1.00 e. The molecule has 1 atom stereocenters. The van der Waals surface area contributed by atoms with Crippen LogP contribution in [0.3, 0.4) is 0 Å². The summed E-state index contributed by atoms with van der Waals surface area (Å²) in [5.41, 5.74) is 6.92. The molecule has 0 bridgehead atoms. The molecule has 1 aliphatic heterocycles. The normalized spacial score (nSPS) is 15.8. The van der Waals surface area contributed by atoms with Crippen LogP contribution in [0.4, 0.5) is 4.20 Å². The van der Waals surface area contributed by atoms with Gasteiger partial charge in [-0.15, -0.1) is 0 Å². The van der Waals surface area contributed by atoms with Gasteiger partial charge in [-0.1, -0.05) is 0 Å². The smallest absolute Gasteiger partial charge is 1.00 e. The van der Waals surface area contributed by atoms with Crippen LogP contribution in [0.2, 0.25) is 0 Å². The van der Waals surface area contributed by atoms with Gasteiger partial charge >= 0.3 is 229 Å². The second-order valence-electron chi connectivity index (χ2n) is 9.76. The van der Waals surface area contributed by atoms with Crippen molar-refractivity contribution < 1.29 is 25.9 Å². The largest absolute Gasteiger partial charge is 1.00 e. The number of aliphatic imine (C=N–C) groups is 1. The van der Waals surface area contributed by atoms with Crippen LogP contribution >= 0.6 is 6.91 Å². The predicted molar refractivity (Wildman–Crippen MR) is 161 cm³/mol. The fourth-order valence-corrected chi connectivity index (χ4v) is 9.51. The molecule has 0 amide bonds. The second-order valence-corrected chi connectivity index (χ2v) is 14.1. The molecule has 6 nitrogen and oxygen atoms in total. The summed E-state index contributed by atoms with van der Waals surface area (Å²) in [6, 6.07) is 36.3. The van der Waals surface area contributed by atoms with E-state index in [0.29, 0.717) is 27.6 Å². The van der Waals surface area contributed by atoms with Crippen molar-refractivity contribution in [1.29, 1.82) is 0 Å². The number of guanidine groups is 2. The maximum atomic E-state index is 18.5. The number of hydrogen-bond acceptors (Lipinski definition) is 3. The first-order valence-corrected chi connectivity index (χ1v) is 15.2. The third-order valence-corrected chi connectivity index (χ3v) is 12.2. The Kier molecular flexibility index (Phi) is 8.77. The third kappa shape index (κ3) is 5.53. The van der Waals surface area contributed by atoms with Gasteiger partial charge in [0.2, 0.25) is 0 Å². The molecule has 1 heterocycles. The first-order valence-electron chi connectivity index (χ1n) is 12.9. The molecule has 1 aliphatic rings. The molecule has 0 saturated carbocycles. The topological polar surface area (TPSA) is 74.7 Å². The van der Waals surface area contributed by atoms with Crippen molar-refractivity contribution in [2.24, 2.45) is 10.7 Å². The molecule has 0 spiro atoms. The molecule has 208 valence electrons. The third-order valence-electron chi connectivity index (χ3n) is 7.09. The van der Waals surface area contributed by atoms with Gasteiger partial charge in [-0.25, -0.2) is 0 Å². The number of halogens is 2. The number of nitrogens with zero attached hydrogens (tertiary/aromatic N) is 2. The van der Waals surface area contributed by atoms with E-state index in [9.17, 15) is 0 Å². The Morgan fingerprint density at radius 1 is 0.800 bits per heavy atom. The zero-order chi connectivity index (χ0) is 27.3. The van der Waals surface area contributed by atoms with E-state index < -0.39 is 6.91 Å². The molecule has 5 rings (SSSR count). The number of hydrogen-bond donors (Lipinski definition) is 3. The molecule has 4 N–H and O–H groups in total. The van der Waals surface area contributed by atoms with E-state index in [2.05, 4.69) is 15.6 Å². The van der Waals surface area contributed by atoms with E-state index in [1.165, 1.54) is 0 Å². The first-order chi connectivity index (χ1) is 18.9. The van der Waals surface area contributed by atoms with Gasteiger partial charge in [-0.2, -0.15) is 0 Å². The quantitative estimate of drug-likeness (QED) is 0.212. The number of rotatable bonds is 8. The van der Waals surface area contributed by atoms with Gasteiger partial charge in [0.15, 0.2) is 0 Å². The summed E-state index contributed by atoms with van der Waals surface area (Å²) in [6.07, 6.45) is -0.107. The SMILES string of the molecule is C[N+](C)=C1NC(N)=NC(c2ccc(OCCP(F)(c3ccccc3)(c3ccccc3)c3ccccc3)cc2)N1.[Cl-]. The first kappa shape index (κ1) is 29.1. The zero-order valence-electron chi connectivity index (χ0n) is 22.5. The number of ether oxygens (including phenoxy) is 1. The Bertz CT molecular complexity index is 1380.